The van der Waals surface area contributed by atoms with Crippen LogP contribution in [0.15, 0.2) is 53.5 Å². The van der Waals surface area contributed by atoms with Gasteiger partial charge in [-0.05, 0) is 50.2 Å². The Morgan fingerprint density at radius 1 is 1.03 bits per heavy atom. The quantitative estimate of drug-likeness (QED) is 0.422. The van der Waals surface area contributed by atoms with Crippen LogP contribution in [0.5, 0.6) is 0 Å². The maximum atomic E-state index is 13.8. The molecular formula is C26H26F3N7O. The molecule has 0 unspecified atom stereocenters. The fourth-order valence-corrected chi connectivity index (χ4v) is 5.30. The van der Waals surface area contributed by atoms with Crippen molar-refractivity contribution in [1.29, 1.82) is 0 Å². The van der Waals surface area contributed by atoms with Gasteiger partial charge in [0.25, 0.3) is 0 Å². The van der Waals surface area contributed by atoms with Crippen molar-refractivity contribution in [3.8, 4) is 5.69 Å². The summed E-state index contributed by atoms with van der Waals surface area (Å²) in [5.74, 6) is 0.794. The Labute approximate surface area is 211 Å². The lowest BCUT2D eigenvalue weighted by atomic mass is 10.1. The number of imidazole rings is 1. The zero-order valence-corrected chi connectivity index (χ0v) is 20.4. The number of aromatic nitrogens is 3. The molecule has 4 heterocycles. The summed E-state index contributed by atoms with van der Waals surface area (Å²) in [5.41, 5.74) is 10.7. The number of fused-ring (bicyclic) bond motifs is 3. The van der Waals surface area contributed by atoms with E-state index in [4.69, 9.17) is 10.5 Å². The van der Waals surface area contributed by atoms with Gasteiger partial charge in [0.1, 0.15) is 0 Å². The highest BCUT2D eigenvalue weighted by Crippen LogP contribution is 2.39. The van der Waals surface area contributed by atoms with Crippen LogP contribution in [-0.4, -0.2) is 46.4 Å². The SMILES string of the molecule is Cc1cc([C@H]2N=C(N)Nc3nc4ccccc4n32)c(C)n1-c1cc(C(F)(F)F)ccc1N1CCOCC1. The van der Waals surface area contributed by atoms with Crippen molar-refractivity contribution in [2.45, 2.75) is 26.2 Å². The summed E-state index contributed by atoms with van der Waals surface area (Å²) >= 11 is 0. The average molecular weight is 510 g/mol. The number of guanidine groups is 1. The molecule has 0 bridgehead atoms. The number of aliphatic imine (C=N–C) groups is 1. The van der Waals surface area contributed by atoms with Crippen LogP contribution in [0, 0.1) is 13.8 Å². The first-order valence-electron chi connectivity index (χ1n) is 12.0. The van der Waals surface area contributed by atoms with Crippen molar-refractivity contribution in [3.05, 3.63) is 71.0 Å². The van der Waals surface area contributed by atoms with Gasteiger partial charge in [-0.1, -0.05) is 12.1 Å². The summed E-state index contributed by atoms with van der Waals surface area (Å²) in [4.78, 5) is 11.4. The largest absolute Gasteiger partial charge is 0.416 e. The normalized spacial score (nSPS) is 18.0. The van der Waals surface area contributed by atoms with Crippen molar-refractivity contribution in [3.63, 3.8) is 0 Å². The lowest BCUT2D eigenvalue weighted by Gasteiger charge is -2.32. The monoisotopic (exact) mass is 509 g/mol. The number of hydrogen-bond donors (Lipinski definition) is 2. The molecule has 0 saturated carbocycles. The van der Waals surface area contributed by atoms with E-state index in [1.807, 2.05) is 53.3 Å². The van der Waals surface area contributed by atoms with Crippen LogP contribution in [0.3, 0.4) is 0 Å². The summed E-state index contributed by atoms with van der Waals surface area (Å²) in [6.45, 7) is 6.04. The Kier molecular flexibility index (Phi) is 5.41. The van der Waals surface area contributed by atoms with E-state index in [1.165, 1.54) is 6.07 Å². The first kappa shape index (κ1) is 23.4. The Balaban J connectivity index is 1.54. The second-order valence-corrected chi connectivity index (χ2v) is 9.27. The summed E-state index contributed by atoms with van der Waals surface area (Å²) in [6, 6.07) is 13.6. The minimum absolute atomic E-state index is 0.227. The second kappa shape index (κ2) is 8.55. The van der Waals surface area contributed by atoms with Gasteiger partial charge in [0.05, 0.1) is 41.2 Å². The molecule has 37 heavy (non-hydrogen) atoms. The standard InChI is InChI=1S/C26H26F3N7O/c1-15-13-18(23-32-24(30)33-25-31-19-5-3-4-6-20(19)36(23)25)16(2)35(15)22-14-17(26(27,28)29)7-8-21(22)34-9-11-37-12-10-34/h3-8,13-14,23H,9-12H2,1-2H3,(H3,30,31,32,33)/t23-/m0/s1. The second-order valence-electron chi connectivity index (χ2n) is 9.27. The molecule has 11 heteroatoms. The molecule has 1 fully saturated rings. The molecule has 3 N–H and O–H groups in total. The number of nitrogens with zero attached hydrogens (tertiary/aromatic N) is 5. The fraction of sp³-hybridized carbons (Fsp3) is 0.308. The van der Waals surface area contributed by atoms with Gasteiger partial charge in [0, 0.05) is 30.0 Å². The highest BCUT2D eigenvalue weighted by atomic mass is 19.4. The van der Waals surface area contributed by atoms with Crippen molar-refractivity contribution in [1.82, 2.24) is 14.1 Å². The maximum Gasteiger partial charge on any atom is 0.416 e. The van der Waals surface area contributed by atoms with Gasteiger partial charge in [0.2, 0.25) is 5.95 Å². The van der Waals surface area contributed by atoms with E-state index < -0.39 is 17.9 Å². The Morgan fingerprint density at radius 2 is 1.78 bits per heavy atom. The third-order valence-corrected chi connectivity index (χ3v) is 6.99. The molecule has 0 amide bonds. The van der Waals surface area contributed by atoms with Crippen molar-refractivity contribution < 1.29 is 17.9 Å². The van der Waals surface area contributed by atoms with E-state index in [2.05, 4.69) is 20.2 Å². The Morgan fingerprint density at radius 3 is 2.54 bits per heavy atom. The van der Waals surface area contributed by atoms with E-state index in [1.54, 1.807) is 6.07 Å². The number of morpholine rings is 1. The van der Waals surface area contributed by atoms with Gasteiger partial charge in [0.15, 0.2) is 12.1 Å². The Hall–Kier alpha value is -3.99. The zero-order valence-electron chi connectivity index (χ0n) is 20.4. The molecule has 1 atom stereocenters. The molecule has 0 spiro atoms. The van der Waals surface area contributed by atoms with E-state index in [0.29, 0.717) is 37.9 Å². The number of rotatable bonds is 3. The predicted molar refractivity (Wildman–Crippen MR) is 136 cm³/mol. The topological polar surface area (TPSA) is 85.6 Å². The fourth-order valence-electron chi connectivity index (χ4n) is 5.30. The van der Waals surface area contributed by atoms with Crippen molar-refractivity contribution in [2.75, 3.05) is 36.5 Å². The molecule has 0 radical (unpaired) electrons. The van der Waals surface area contributed by atoms with Crippen LogP contribution in [0.2, 0.25) is 0 Å². The lowest BCUT2D eigenvalue weighted by Crippen LogP contribution is -2.37. The highest BCUT2D eigenvalue weighted by Gasteiger charge is 2.33. The van der Waals surface area contributed by atoms with Crippen LogP contribution < -0.4 is 16.0 Å². The first-order chi connectivity index (χ1) is 17.7. The highest BCUT2D eigenvalue weighted by molar-refractivity contribution is 5.94. The molecule has 2 aromatic carbocycles. The molecule has 6 rings (SSSR count). The summed E-state index contributed by atoms with van der Waals surface area (Å²) < 4.78 is 50.7. The van der Waals surface area contributed by atoms with E-state index >= 15 is 0 Å². The van der Waals surface area contributed by atoms with Gasteiger partial charge in [-0.15, -0.1) is 0 Å². The number of para-hydroxylation sites is 2. The van der Waals surface area contributed by atoms with Gasteiger partial charge in [-0.3, -0.25) is 9.88 Å². The average Bonchev–Trinajstić information content (AvgIpc) is 3.39. The summed E-state index contributed by atoms with van der Waals surface area (Å²) in [5, 5.41) is 3.03. The minimum atomic E-state index is -4.46. The number of benzene rings is 2. The molecule has 2 aliphatic heterocycles. The van der Waals surface area contributed by atoms with Crippen LogP contribution in [0.1, 0.15) is 28.7 Å². The van der Waals surface area contributed by atoms with Crippen LogP contribution in [-0.2, 0) is 10.9 Å². The molecule has 2 aromatic heterocycles. The number of halogens is 3. The Bertz CT molecular complexity index is 1530. The lowest BCUT2D eigenvalue weighted by molar-refractivity contribution is -0.137. The van der Waals surface area contributed by atoms with E-state index in [-0.39, 0.29) is 5.96 Å². The number of nitrogens with two attached hydrogens (primary N) is 1. The third-order valence-electron chi connectivity index (χ3n) is 6.99. The number of alkyl halides is 3. The number of nitrogens with one attached hydrogen (secondary N) is 1. The minimum Gasteiger partial charge on any atom is -0.378 e. The first-order valence-corrected chi connectivity index (χ1v) is 12.0. The smallest absolute Gasteiger partial charge is 0.378 e. The molecule has 1 saturated heterocycles. The summed E-state index contributed by atoms with van der Waals surface area (Å²) in [7, 11) is 0. The molecule has 8 nitrogen and oxygen atoms in total. The number of aryl methyl sites for hydroxylation is 1. The van der Waals surface area contributed by atoms with Crippen molar-refractivity contribution in [2.24, 2.45) is 10.7 Å². The van der Waals surface area contributed by atoms with Crippen LogP contribution in [0.25, 0.3) is 16.7 Å². The summed E-state index contributed by atoms with van der Waals surface area (Å²) in [6.07, 6.45) is -4.99. The zero-order chi connectivity index (χ0) is 25.9. The molecule has 192 valence electrons. The van der Waals surface area contributed by atoms with Gasteiger partial charge in [-0.25, -0.2) is 9.98 Å². The third kappa shape index (κ3) is 3.90. The number of ether oxygens (including phenoxy) is 1. The van der Waals surface area contributed by atoms with Crippen molar-refractivity contribution >= 4 is 28.6 Å². The number of anilines is 2. The molecular weight excluding hydrogens is 483 g/mol. The van der Waals surface area contributed by atoms with E-state index in [0.717, 1.165) is 39.7 Å². The van der Waals surface area contributed by atoms with Gasteiger partial charge < -0.3 is 19.9 Å². The van der Waals surface area contributed by atoms with Gasteiger partial charge >= 0.3 is 6.18 Å². The molecule has 2 aliphatic rings. The molecule has 0 aliphatic carbocycles. The number of hydrogen-bond acceptors (Lipinski definition) is 6. The van der Waals surface area contributed by atoms with Gasteiger partial charge in [-0.2, -0.15) is 13.2 Å². The maximum absolute atomic E-state index is 13.8. The van der Waals surface area contributed by atoms with Crippen LogP contribution >= 0.6 is 0 Å². The molecule has 4 aromatic rings. The van der Waals surface area contributed by atoms with E-state index in [9.17, 15) is 13.2 Å². The predicted octanol–water partition coefficient (Wildman–Crippen LogP) is 4.59. The van der Waals surface area contributed by atoms with Crippen LogP contribution in [0.4, 0.5) is 24.8 Å².